The van der Waals surface area contributed by atoms with Crippen LogP contribution in [0.15, 0.2) is 0 Å². The highest BCUT2D eigenvalue weighted by molar-refractivity contribution is 5.47. The number of methoxy groups -OCH3 is 1. The van der Waals surface area contributed by atoms with Crippen molar-refractivity contribution in [1.29, 1.82) is 0 Å². The Labute approximate surface area is 121 Å². The number of hydrogen-bond donors (Lipinski definition) is 1. The Bertz CT molecular complexity index is 481. The van der Waals surface area contributed by atoms with Crippen molar-refractivity contribution in [2.75, 3.05) is 19.5 Å². The molecule has 0 atom stereocenters. The minimum atomic E-state index is -0.243. The second kappa shape index (κ2) is 5.68. The SMILES string of the molecule is CNc1nc(C2(OC)CCCC2)nc2c1CCCCC2. The van der Waals surface area contributed by atoms with Gasteiger partial charge in [-0.15, -0.1) is 0 Å². The first-order chi connectivity index (χ1) is 9.79. The van der Waals surface area contributed by atoms with Gasteiger partial charge < -0.3 is 10.1 Å². The largest absolute Gasteiger partial charge is 0.373 e. The summed E-state index contributed by atoms with van der Waals surface area (Å²) in [5.41, 5.74) is 2.34. The molecule has 0 spiro atoms. The Morgan fingerprint density at radius 2 is 1.75 bits per heavy atom. The number of aromatic nitrogens is 2. The molecule has 0 radical (unpaired) electrons. The smallest absolute Gasteiger partial charge is 0.162 e. The summed E-state index contributed by atoms with van der Waals surface area (Å²) in [5, 5.41) is 3.28. The first-order valence-corrected chi connectivity index (χ1v) is 7.92. The van der Waals surface area contributed by atoms with Gasteiger partial charge >= 0.3 is 0 Å². The Morgan fingerprint density at radius 1 is 1.00 bits per heavy atom. The third-order valence-electron chi connectivity index (χ3n) is 4.88. The molecule has 20 heavy (non-hydrogen) atoms. The number of ether oxygens (including phenoxy) is 1. The van der Waals surface area contributed by atoms with Gasteiger partial charge in [-0.1, -0.05) is 6.42 Å². The van der Waals surface area contributed by atoms with E-state index in [9.17, 15) is 0 Å². The van der Waals surface area contributed by atoms with E-state index in [1.807, 2.05) is 7.05 Å². The van der Waals surface area contributed by atoms with Crippen LogP contribution >= 0.6 is 0 Å². The lowest BCUT2D eigenvalue weighted by Gasteiger charge is -2.27. The monoisotopic (exact) mass is 275 g/mol. The summed E-state index contributed by atoms with van der Waals surface area (Å²) >= 11 is 0. The van der Waals surface area contributed by atoms with E-state index in [1.54, 1.807) is 7.11 Å². The van der Waals surface area contributed by atoms with E-state index in [2.05, 4.69) is 5.32 Å². The zero-order valence-electron chi connectivity index (χ0n) is 12.7. The molecule has 1 fully saturated rings. The maximum absolute atomic E-state index is 5.85. The predicted molar refractivity (Wildman–Crippen MR) is 80.0 cm³/mol. The van der Waals surface area contributed by atoms with E-state index in [-0.39, 0.29) is 5.60 Å². The molecule has 2 aliphatic rings. The van der Waals surface area contributed by atoms with Crippen LogP contribution < -0.4 is 5.32 Å². The van der Waals surface area contributed by atoms with Crippen LogP contribution in [-0.2, 0) is 23.2 Å². The van der Waals surface area contributed by atoms with Gasteiger partial charge in [0, 0.05) is 25.4 Å². The first-order valence-electron chi connectivity index (χ1n) is 7.92. The maximum Gasteiger partial charge on any atom is 0.162 e. The fraction of sp³-hybridized carbons (Fsp3) is 0.750. The molecule has 1 saturated carbocycles. The summed E-state index contributed by atoms with van der Waals surface area (Å²) < 4.78 is 5.85. The quantitative estimate of drug-likeness (QED) is 0.861. The summed E-state index contributed by atoms with van der Waals surface area (Å²) in [7, 11) is 3.77. The fourth-order valence-corrected chi connectivity index (χ4v) is 3.65. The molecular weight excluding hydrogens is 250 g/mol. The van der Waals surface area contributed by atoms with Crippen LogP contribution in [0, 0.1) is 0 Å². The highest BCUT2D eigenvalue weighted by atomic mass is 16.5. The van der Waals surface area contributed by atoms with Crippen LogP contribution in [0.3, 0.4) is 0 Å². The van der Waals surface area contributed by atoms with Gasteiger partial charge in [-0.25, -0.2) is 9.97 Å². The van der Waals surface area contributed by atoms with Gasteiger partial charge in [0.25, 0.3) is 0 Å². The third-order valence-corrected chi connectivity index (χ3v) is 4.88. The molecule has 0 saturated heterocycles. The molecule has 3 rings (SSSR count). The molecule has 110 valence electrons. The van der Waals surface area contributed by atoms with Crippen LogP contribution in [0.4, 0.5) is 5.82 Å². The lowest BCUT2D eigenvalue weighted by molar-refractivity contribution is -0.0163. The van der Waals surface area contributed by atoms with Crippen molar-refractivity contribution in [2.45, 2.75) is 63.4 Å². The zero-order valence-corrected chi connectivity index (χ0v) is 12.7. The number of fused-ring (bicyclic) bond motifs is 1. The number of nitrogens with zero attached hydrogens (tertiary/aromatic N) is 2. The molecule has 0 bridgehead atoms. The van der Waals surface area contributed by atoms with E-state index in [4.69, 9.17) is 14.7 Å². The molecule has 4 nitrogen and oxygen atoms in total. The summed E-state index contributed by atoms with van der Waals surface area (Å²) in [5.74, 6) is 1.93. The molecular formula is C16H25N3O. The Morgan fingerprint density at radius 3 is 2.45 bits per heavy atom. The van der Waals surface area contributed by atoms with Crippen molar-refractivity contribution < 1.29 is 4.74 Å². The van der Waals surface area contributed by atoms with Gasteiger partial charge in [0.05, 0.1) is 0 Å². The van der Waals surface area contributed by atoms with Crippen LogP contribution in [0.5, 0.6) is 0 Å². The number of hydrogen-bond acceptors (Lipinski definition) is 4. The summed E-state index contributed by atoms with van der Waals surface area (Å²) in [6.45, 7) is 0. The van der Waals surface area contributed by atoms with Crippen molar-refractivity contribution in [3.63, 3.8) is 0 Å². The van der Waals surface area contributed by atoms with Crippen LogP contribution in [-0.4, -0.2) is 24.1 Å². The van der Waals surface area contributed by atoms with E-state index >= 15 is 0 Å². The molecule has 0 aliphatic heterocycles. The second-order valence-electron chi connectivity index (χ2n) is 6.04. The number of aryl methyl sites for hydroxylation is 1. The van der Waals surface area contributed by atoms with E-state index in [1.165, 1.54) is 43.4 Å². The van der Waals surface area contributed by atoms with Gasteiger partial charge in [-0.05, 0) is 51.4 Å². The summed E-state index contributed by atoms with van der Waals surface area (Å²) in [4.78, 5) is 9.75. The molecule has 0 amide bonds. The van der Waals surface area contributed by atoms with Crippen molar-refractivity contribution >= 4 is 5.82 Å². The van der Waals surface area contributed by atoms with E-state index in [0.29, 0.717) is 0 Å². The van der Waals surface area contributed by atoms with Crippen LogP contribution in [0.25, 0.3) is 0 Å². The minimum absolute atomic E-state index is 0.243. The number of nitrogens with one attached hydrogen (secondary N) is 1. The predicted octanol–water partition coefficient (Wildman–Crippen LogP) is 3.20. The minimum Gasteiger partial charge on any atom is -0.373 e. The molecule has 1 aromatic heterocycles. The Hall–Kier alpha value is -1.16. The Kier molecular flexibility index (Phi) is 3.92. The highest BCUT2D eigenvalue weighted by Gasteiger charge is 2.39. The van der Waals surface area contributed by atoms with Crippen molar-refractivity contribution in [1.82, 2.24) is 9.97 Å². The standard InChI is InChI=1S/C16H25N3O/c1-17-14-12-8-4-3-5-9-13(12)18-15(19-14)16(20-2)10-6-7-11-16/h3-11H2,1-2H3,(H,17,18,19). The second-order valence-corrected chi connectivity index (χ2v) is 6.04. The average Bonchev–Trinajstić information content (AvgIpc) is 2.85. The first kappa shape index (κ1) is 13.8. The summed E-state index contributed by atoms with van der Waals surface area (Å²) in [6, 6.07) is 0. The third kappa shape index (κ3) is 2.30. The van der Waals surface area contributed by atoms with Crippen LogP contribution in [0.1, 0.15) is 62.0 Å². The van der Waals surface area contributed by atoms with Gasteiger partial charge in [0.1, 0.15) is 11.4 Å². The molecule has 0 aromatic carbocycles. The van der Waals surface area contributed by atoms with Crippen LogP contribution in [0.2, 0.25) is 0 Å². The van der Waals surface area contributed by atoms with Crippen molar-refractivity contribution in [2.24, 2.45) is 0 Å². The topological polar surface area (TPSA) is 47.0 Å². The maximum atomic E-state index is 5.85. The normalized spacial score (nSPS) is 21.3. The zero-order chi connectivity index (χ0) is 14.0. The van der Waals surface area contributed by atoms with Gasteiger partial charge in [0.2, 0.25) is 0 Å². The van der Waals surface area contributed by atoms with E-state index < -0.39 is 0 Å². The lowest BCUT2D eigenvalue weighted by atomic mass is 9.99. The molecule has 2 aliphatic carbocycles. The number of rotatable bonds is 3. The molecule has 1 heterocycles. The molecule has 1 N–H and O–H groups in total. The molecule has 0 unspecified atom stereocenters. The number of anilines is 1. The lowest BCUT2D eigenvalue weighted by Crippen LogP contribution is -2.28. The fourth-order valence-electron chi connectivity index (χ4n) is 3.65. The van der Waals surface area contributed by atoms with Gasteiger partial charge in [-0.3, -0.25) is 0 Å². The highest BCUT2D eigenvalue weighted by Crippen LogP contribution is 2.41. The van der Waals surface area contributed by atoms with Crippen molar-refractivity contribution in [3.8, 4) is 0 Å². The van der Waals surface area contributed by atoms with Gasteiger partial charge in [-0.2, -0.15) is 0 Å². The Balaban J connectivity index is 2.06. The average molecular weight is 275 g/mol. The van der Waals surface area contributed by atoms with Gasteiger partial charge in [0.15, 0.2) is 5.82 Å². The van der Waals surface area contributed by atoms with Crippen molar-refractivity contribution in [3.05, 3.63) is 17.1 Å². The summed E-state index contributed by atoms with van der Waals surface area (Å²) in [6.07, 6.45) is 10.5. The van der Waals surface area contributed by atoms with E-state index in [0.717, 1.165) is 37.3 Å². The molecule has 1 aromatic rings. The molecule has 4 heteroatoms.